The largest absolute Gasteiger partial charge is 0.504 e. The molecule has 0 radical (unpaired) electrons. The van der Waals surface area contributed by atoms with Gasteiger partial charge in [-0.15, -0.1) is 0 Å². The van der Waals surface area contributed by atoms with Gasteiger partial charge in [-0.2, -0.15) is 0 Å². The van der Waals surface area contributed by atoms with Crippen molar-refractivity contribution in [3.63, 3.8) is 0 Å². The zero-order valence-electron chi connectivity index (χ0n) is 17.8. The molecule has 0 spiro atoms. The average Bonchev–Trinajstić information content (AvgIpc) is 3.60. The van der Waals surface area contributed by atoms with Crippen LogP contribution in [0, 0.1) is 0 Å². The number of ether oxygens (including phenoxy) is 1. The van der Waals surface area contributed by atoms with Crippen LogP contribution in [0.1, 0.15) is 22.8 Å². The molecule has 0 saturated heterocycles. The Morgan fingerprint density at radius 2 is 1.33 bits per heavy atom. The van der Waals surface area contributed by atoms with E-state index in [0.29, 0.717) is 5.75 Å². The first-order valence-corrected chi connectivity index (χ1v) is 10.6. The zero-order valence-corrected chi connectivity index (χ0v) is 17.8. The van der Waals surface area contributed by atoms with Gasteiger partial charge in [0.1, 0.15) is 0 Å². The summed E-state index contributed by atoms with van der Waals surface area (Å²) in [5, 5.41) is 10.1. The summed E-state index contributed by atoms with van der Waals surface area (Å²) in [5.41, 5.74) is 9.03. The van der Waals surface area contributed by atoms with E-state index in [1.54, 1.807) is 13.2 Å². The number of aromatic hydroxyl groups is 1. The molecular weight excluding hydrogens is 412 g/mol. The van der Waals surface area contributed by atoms with Crippen LogP contribution in [0.2, 0.25) is 0 Å². The molecule has 3 N–H and O–H groups in total. The molecule has 3 aromatic heterocycles. The molecule has 8 bridgehead atoms. The lowest BCUT2D eigenvalue weighted by atomic mass is 10.0. The van der Waals surface area contributed by atoms with Gasteiger partial charge in [0.2, 0.25) is 0 Å². The normalized spacial score (nSPS) is 12.3. The van der Waals surface area contributed by atoms with E-state index in [9.17, 15) is 5.11 Å². The molecule has 6 nitrogen and oxygen atoms in total. The van der Waals surface area contributed by atoms with Crippen LogP contribution >= 0.6 is 0 Å². The first-order chi connectivity index (χ1) is 16.1. The highest BCUT2D eigenvalue weighted by molar-refractivity contribution is 5.91. The number of nitrogens with zero attached hydrogens (tertiary/aromatic N) is 2. The topological polar surface area (TPSA) is 86.8 Å². The van der Waals surface area contributed by atoms with Crippen molar-refractivity contribution in [2.75, 3.05) is 7.11 Å². The van der Waals surface area contributed by atoms with Gasteiger partial charge in [-0.1, -0.05) is 6.07 Å². The van der Waals surface area contributed by atoms with Crippen LogP contribution in [-0.4, -0.2) is 32.2 Å². The second kappa shape index (κ2) is 7.53. The molecule has 0 atom stereocenters. The number of fused-ring (bicyclic) bond motifs is 8. The summed E-state index contributed by atoms with van der Waals surface area (Å²) in [6.07, 6.45) is 8.00. The van der Waals surface area contributed by atoms with E-state index in [1.807, 2.05) is 78.9 Å². The first-order valence-electron chi connectivity index (χ1n) is 10.6. The molecule has 5 heterocycles. The fourth-order valence-corrected chi connectivity index (χ4v) is 4.15. The van der Waals surface area contributed by atoms with E-state index in [0.717, 1.165) is 56.0 Å². The van der Waals surface area contributed by atoms with Crippen LogP contribution in [0.25, 0.3) is 57.5 Å². The summed E-state index contributed by atoms with van der Waals surface area (Å²) < 4.78 is 5.35. The van der Waals surface area contributed by atoms with E-state index >= 15 is 0 Å². The quantitative estimate of drug-likeness (QED) is 0.311. The van der Waals surface area contributed by atoms with Crippen molar-refractivity contribution >= 4 is 46.4 Å². The number of phenols is 1. The number of rotatable bonds is 2. The second-order valence-electron chi connectivity index (χ2n) is 7.94. The van der Waals surface area contributed by atoms with E-state index in [1.165, 1.54) is 0 Å². The Morgan fingerprint density at radius 1 is 0.697 bits per heavy atom. The summed E-state index contributed by atoms with van der Waals surface area (Å²) >= 11 is 0. The van der Waals surface area contributed by atoms with Crippen molar-refractivity contribution in [3.8, 4) is 22.6 Å². The molecule has 160 valence electrons. The number of hydrogen-bond donors (Lipinski definition) is 3. The van der Waals surface area contributed by atoms with Crippen LogP contribution in [0.15, 0.2) is 60.7 Å². The van der Waals surface area contributed by atoms with Gasteiger partial charge < -0.3 is 19.8 Å². The summed E-state index contributed by atoms with van der Waals surface area (Å²) in [7, 11) is 1.54. The van der Waals surface area contributed by atoms with Crippen molar-refractivity contribution in [2.45, 2.75) is 0 Å². The van der Waals surface area contributed by atoms with Gasteiger partial charge >= 0.3 is 0 Å². The number of phenolic OH excluding ortho intramolecular Hbond substituents is 1. The van der Waals surface area contributed by atoms with Gasteiger partial charge in [0, 0.05) is 27.6 Å². The highest BCUT2D eigenvalue weighted by atomic mass is 16.5. The molecule has 2 aliphatic heterocycles. The molecular formula is C27H20N4O2. The Labute approximate surface area is 189 Å². The lowest BCUT2D eigenvalue weighted by Gasteiger charge is -2.08. The standard InChI is InChI=1S/C27H20N4O2/c1-33-26-12-16(2-11-25(26)32)27-23-9-7-21(30-23)14-19-5-3-17(28-19)13-18-4-6-20(29-18)15-22-8-10-24(27)31-22/h2-15,28,31-32H,1H3. The maximum Gasteiger partial charge on any atom is 0.161 e. The fraction of sp³-hybridized carbons (Fsp3) is 0.0370. The molecule has 0 saturated carbocycles. The zero-order chi connectivity index (χ0) is 22.4. The summed E-state index contributed by atoms with van der Waals surface area (Å²) in [6, 6.07) is 19.5. The molecule has 0 unspecified atom stereocenters. The monoisotopic (exact) mass is 432 g/mol. The minimum atomic E-state index is 0.0949. The third-order valence-electron chi connectivity index (χ3n) is 5.69. The van der Waals surface area contributed by atoms with E-state index in [4.69, 9.17) is 14.7 Å². The van der Waals surface area contributed by atoms with Crippen molar-refractivity contribution in [2.24, 2.45) is 0 Å². The predicted octanol–water partition coefficient (Wildman–Crippen LogP) is 6.04. The Bertz CT molecular complexity index is 1620. The maximum absolute atomic E-state index is 10.1. The third kappa shape index (κ3) is 3.57. The fourth-order valence-electron chi connectivity index (χ4n) is 4.15. The third-order valence-corrected chi connectivity index (χ3v) is 5.69. The van der Waals surface area contributed by atoms with Crippen LogP contribution < -0.4 is 4.74 Å². The van der Waals surface area contributed by atoms with Crippen molar-refractivity contribution in [3.05, 3.63) is 83.4 Å². The van der Waals surface area contributed by atoms with Crippen LogP contribution in [0.4, 0.5) is 0 Å². The van der Waals surface area contributed by atoms with Crippen molar-refractivity contribution < 1.29 is 9.84 Å². The van der Waals surface area contributed by atoms with Crippen LogP contribution in [-0.2, 0) is 0 Å². The molecule has 2 aliphatic rings. The Morgan fingerprint density at radius 3 is 2.06 bits per heavy atom. The summed E-state index contributed by atoms with van der Waals surface area (Å²) in [5.74, 6) is 0.505. The molecule has 0 fully saturated rings. The molecule has 0 amide bonds. The molecule has 0 aliphatic carbocycles. The van der Waals surface area contributed by atoms with Gasteiger partial charge in [-0.05, 0) is 84.5 Å². The van der Waals surface area contributed by atoms with Crippen molar-refractivity contribution in [1.29, 1.82) is 0 Å². The molecule has 33 heavy (non-hydrogen) atoms. The summed E-state index contributed by atoms with van der Waals surface area (Å²) in [6.45, 7) is 0. The van der Waals surface area contributed by atoms with Crippen LogP contribution in [0.3, 0.4) is 0 Å². The number of H-pyrrole nitrogens is 2. The molecule has 6 heteroatoms. The van der Waals surface area contributed by atoms with E-state index in [2.05, 4.69) is 9.97 Å². The van der Waals surface area contributed by atoms with Crippen LogP contribution in [0.5, 0.6) is 11.5 Å². The summed E-state index contributed by atoms with van der Waals surface area (Å²) in [4.78, 5) is 16.5. The lowest BCUT2D eigenvalue weighted by Crippen LogP contribution is -1.88. The van der Waals surface area contributed by atoms with Gasteiger partial charge in [0.15, 0.2) is 11.5 Å². The highest BCUT2D eigenvalue weighted by Gasteiger charge is 2.13. The maximum atomic E-state index is 10.1. The number of hydrogen-bond acceptors (Lipinski definition) is 4. The Hall–Kier alpha value is -4.58. The smallest absolute Gasteiger partial charge is 0.161 e. The van der Waals surface area contributed by atoms with Gasteiger partial charge in [0.25, 0.3) is 0 Å². The number of benzene rings is 1. The van der Waals surface area contributed by atoms with Gasteiger partial charge in [0.05, 0.1) is 29.9 Å². The number of nitrogens with one attached hydrogen (secondary N) is 2. The SMILES string of the molecule is COc1cc(-c2c3nc(cc4ccc(cc5nc(cc6ccc2[nH]6)C=C5)[nH]4)C=C3)ccc1O. The predicted molar refractivity (Wildman–Crippen MR) is 133 cm³/mol. The number of aromatic nitrogens is 4. The first kappa shape index (κ1) is 19.1. The number of methoxy groups -OCH3 is 1. The minimum Gasteiger partial charge on any atom is -0.504 e. The Kier molecular flexibility index (Phi) is 4.36. The number of aromatic amines is 2. The average molecular weight is 432 g/mol. The Balaban J connectivity index is 1.70. The van der Waals surface area contributed by atoms with E-state index in [-0.39, 0.29) is 5.75 Å². The lowest BCUT2D eigenvalue weighted by molar-refractivity contribution is 0.373. The molecule has 1 aromatic carbocycles. The molecule has 4 aromatic rings. The second-order valence-corrected chi connectivity index (χ2v) is 7.94. The van der Waals surface area contributed by atoms with Gasteiger partial charge in [-0.3, -0.25) is 0 Å². The highest BCUT2D eigenvalue weighted by Crippen LogP contribution is 2.35. The van der Waals surface area contributed by atoms with E-state index < -0.39 is 0 Å². The minimum absolute atomic E-state index is 0.0949. The molecule has 6 rings (SSSR count). The van der Waals surface area contributed by atoms with Gasteiger partial charge in [-0.25, -0.2) is 9.97 Å². The van der Waals surface area contributed by atoms with Crippen molar-refractivity contribution in [1.82, 2.24) is 19.9 Å².